The van der Waals surface area contributed by atoms with Crippen molar-refractivity contribution in [2.75, 3.05) is 18.4 Å². The van der Waals surface area contributed by atoms with E-state index in [4.69, 9.17) is 11.6 Å². The summed E-state index contributed by atoms with van der Waals surface area (Å²) in [4.78, 5) is 13.7. The highest BCUT2D eigenvalue weighted by molar-refractivity contribution is 6.34. The Morgan fingerprint density at radius 2 is 1.96 bits per heavy atom. The molecule has 0 saturated carbocycles. The first-order chi connectivity index (χ1) is 11.0. The molecular weight excluding hydrogens is 308 g/mol. The maximum atomic E-state index is 12.4. The average molecular weight is 330 g/mol. The molecule has 0 bridgehead atoms. The number of hydrogen-bond donors (Lipinski definition) is 2. The smallest absolute Gasteiger partial charge is 0.279 e. The predicted octanol–water partition coefficient (Wildman–Crippen LogP) is 2.54. The van der Waals surface area contributed by atoms with E-state index in [0.717, 1.165) is 36.3 Å². The van der Waals surface area contributed by atoms with Gasteiger partial charge in [-0.1, -0.05) is 41.9 Å². The maximum absolute atomic E-state index is 12.4. The number of fused-ring (bicyclic) bond motifs is 1. The van der Waals surface area contributed by atoms with Gasteiger partial charge in [0.2, 0.25) is 0 Å². The number of carbonyl (C=O) groups is 1. The number of carbonyl (C=O) groups excluding carboxylic acids is 1. The first kappa shape index (κ1) is 16.0. The number of rotatable bonds is 3. The van der Waals surface area contributed by atoms with Gasteiger partial charge in [0.25, 0.3) is 5.91 Å². The number of quaternary nitrogens is 1. The van der Waals surface area contributed by atoms with Gasteiger partial charge in [-0.15, -0.1) is 0 Å². The summed E-state index contributed by atoms with van der Waals surface area (Å²) in [5.41, 5.74) is 5.60. The van der Waals surface area contributed by atoms with Gasteiger partial charge in [-0.05, 0) is 36.6 Å². The van der Waals surface area contributed by atoms with Crippen LogP contribution in [0.4, 0.5) is 5.69 Å². The van der Waals surface area contributed by atoms with Gasteiger partial charge < -0.3 is 10.2 Å². The molecule has 0 spiro atoms. The minimum atomic E-state index is 0.0215. The summed E-state index contributed by atoms with van der Waals surface area (Å²) < 4.78 is 0. The third-order valence-electron chi connectivity index (χ3n) is 4.41. The van der Waals surface area contributed by atoms with Crippen LogP contribution in [0.2, 0.25) is 5.02 Å². The second kappa shape index (κ2) is 6.73. The molecule has 3 rings (SSSR count). The minimum absolute atomic E-state index is 0.0215. The Bertz CT molecular complexity index is 719. The molecule has 0 aromatic heterocycles. The van der Waals surface area contributed by atoms with Gasteiger partial charge in [0.1, 0.15) is 6.54 Å². The summed E-state index contributed by atoms with van der Waals surface area (Å²) in [5, 5.41) is 3.59. The Hall–Kier alpha value is -1.84. The summed E-state index contributed by atoms with van der Waals surface area (Å²) >= 11 is 6.27. The van der Waals surface area contributed by atoms with Crippen molar-refractivity contribution in [3.63, 3.8) is 0 Å². The molecule has 3 nitrogen and oxygen atoms in total. The van der Waals surface area contributed by atoms with Gasteiger partial charge in [-0.2, -0.15) is 0 Å². The lowest BCUT2D eigenvalue weighted by Gasteiger charge is -2.25. The molecule has 0 radical (unpaired) electrons. The largest absolute Gasteiger partial charge is 0.323 e. The van der Waals surface area contributed by atoms with Gasteiger partial charge in [-0.3, -0.25) is 4.79 Å². The van der Waals surface area contributed by atoms with E-state index >= 15 is 0 Å². The molecule has 2 N–H and O–H groups in total. The number of aryl methyl sites for hydroxylation is 2. The second-order valence-corrected chi connectivity index (χ2v) is 6.77. The van der Waals surface area contributed by atoms with Crippen LogP contribution in [-0.4, -0.2) is 19.0 Å². The lowest BCUT2D eigenvalue weighted by molar-refractivity contribution is -0.907. The lowest BCUT2D eigenvalue weighted by atomic mass is 10.00. The molecule has 1 heterocycles. The van der Waals surface area contributed by atoms with Crippen molar-refractivity contribution in [1.29, 1.82) is 0 Å². The maximum Gasteiger partial charge on any atom is 0.279 e. The summed E-state index contributed by atoms with van der Waals surface area (Å²) in [6, 6.07) is 12.4. The molecule has 2 aromatic carbocycles. The van der Waals surface area contributed by atoms with Crippen LogP contribution in [0, 0.1) is 13.8 Å². The molecule has 1 amide bonds. The highest BCUT2D eigenvalue weighted by atomic mass is 35.5. The molecule has 1 aliphatic rings. The molecule has 2 aromatic rings. The van der Waals surface area contributed by atoms with Crippen molar-refractivity contribution in [1.82, 2.24) is 0 Å². The Balaban J connectivity index is 1.65. The molecule has 4 heteroatoms. The van der Waals surface area contributed by atoms with Gasteiger partial charge in [-0.25, -0.2) is 0 Å². The molecule has 1 atom stereocenters. The van der Waals surface area contributed by atoms with E-state index in [1.165, 1.54) is 16.0 Å². The molecule has 23 heavy (non-hydrogen) atoms. The average Bonchev–Trinajstić information content (AvgIpc) is 2.51. The number of amides is 1. The molecule has 120 valence electrons. The van der Waals surface area contributed by atoms with Crippen LogP contribution >= 0.6 is 11.6 Å². The normalized spacial score (nSPS) is 16.7. The molecular formula is C19H22ClN2O+. The lowest BCUT2D eigenvalue weighted by Crippen LogP contribution is -3.12. The summed E-state index contributed by atoms with van der Waals surface area (Å²) in [7, 11) is 0. The summed E-state index contributed by atoms with van der Waals surface area (Å²) in [5.74, 6) is 0.0215. The van der Waals surface area contributed by atoms with Crippen molar-refractivity contribution in [3.05, 3.63) is 63.7 Å². The van der Waals surface area contributed by atoms with Crippen molar-refractivity contribution >= 4 is 23.2 Å². The van der Waals surface area contributed by atoms with Crippen LogP contribution in [0.25, 0.3) is 0 Å². The van der Waals surface area contributed by atoms with Crippen molar-refractivity contribution in [2.24, 2.45) is 0 Å². The summed E-state index contributed by atoms with van der Waals surface area (Å²) in [6.45, 7) is 6.34. The second-order valence-electron chi connectivity index (χ2n) is 6.36. The number of benzene rings is 2. The van der Waals surface area contributed by atoms with Crippen LogP contribution in [0.15, 0.2) is 36.4 Å². The van der Waals surface area contributed by atoms with Crippen LogP contribution in [0.1, 0.15) is 22.3 Å². The molecule has 0 aliphatic carbocycles. The molecule has 1 unspecified atom stereocenters. The molecule has 1 aliphatic heterocycles. The Morgan fingerprint density at radius 1 is 1.22 bits per heavy atom. The number of hydrogen-bond acceptors (Lipinski definition) is 1. The van der Waals surface area contributed by atoms with E-state index in [0.29, 0.717) is 11.6 Å². The first-order valence-corrected chi connectivity index (χ1v) is 8.37. The number of anilines is 1. The fourth-order valence-corrected chi connectivity index (χ4v) is 3.65. The van der Waals surface area contributed by atoms with Crippen molar-refractivity contribution in [3.8, 4) is 0 Å². The zero-order valence-electron chi connectivity index (χ0n) is 13.6. The van der Waals surface area contributed by atoms with Crippen molar-refractivity contribution in [2.45, 2.75) is 26.8 Å². The van der Waals surface area contributed by atoms with E-state index in [1.807, 2.05) is 26.0 Å². The summed E-state index contributed by atoms with van der Waals surface area (Å²) in [6.07, 6.45) is 1.03. The van der Waals surface area contributed by atoms with Gasteiger partial charge >= 0.3 is 0 Å². The molecule has 0 saturated heterocycles. The zero-order valence-corrected chi connectivity index (χ0v) is 14.3. The third kappa shape index (κ3) is 3.74. The quantitative estimate of drug-likeness (QED) is 0.891. The monoisotopic (exact) mass is 329 g/mol. The Morgan fingerprint density at radius 3 is 2.70 bits per heavy atom. The van der Waals surface area contributed by atoms with E-state index in [9.17, 15) is 4.79 Å². The highest BCUT2D eigenvalue weighted by Gasteiger charge is 2.22. The van der Waals surface area contributed by atoms with Gasteiger partial charge in [0.05, 0.1) is 17.3 Å². The zero-order chi connectivity index (χ0) is 16.4. The Kier molecular flexibility index (Phi) is 4.69. The minimum Gasteiger partial charge on any atom is -0.323 e. The van der Waals surface area contributed by atoms with Crippen LogP contribution in [0.5, 0.6) is 0 Å². The van der Waals surface area contributed by atoms with Crippen LogP contribution in [-0.2, 0) is 17.8 Å². The number of nitrogens with one attached hydrogen (secondary N) is 2. The van der Waals surface area contributed by atoms with Crippen LogP contribution < -0.4 is 10.2 Å². The highest BCUT2D eigenvalue weighted by Crippen LogP contribution is 2.27. The number of halogens is 1. The Labute approximate surface area is 142 Å². The first-order valence-electron chi connectivity index (χ1n) is 8.00. The van der Waals surface area contributed by atoms with Gasteiger partial charge in [0.15, 0.2) is 6.54 Å². The fraction of sp³-hybridized carbons (Fsp3) is 0.316. The standard InChI is InChI=1S/C19H21ClN2O/c1-13-9-14(2)19(17(20)10-13)21-18(23)12-22-8-7-15-5-3-4-6-16(15)11-22/h3-6,9-10H,7-8,11-12H2,1-2H3,(H,21,23)/p+1. The van der Waals surface area contributed by atoms with E-state index < -0.39 is 0 Å². The van der Waals surface area contributed by atoms with Crippen LogP contribution in [0.3, 0.4) is 0 Å². The van der Waals surface area contributed by atoms with Gasteiger partial charge in [0, 0.05) is 12.0 Å². The topological polar surface area (TPSA) is 33.5 Å². The fourth-order valence-electron chi connectivity index (χ4n) is 3.28. The predicted molar refractivity (Wildman–Crippen MR) is 94.1 cm³/mol. The van der Waals surface area contributed by atoms with E-state index in [-0.39, 0.29) is 5.91 Å². The SMILES string of the molecule is Cc1cc(C)c(NC(=O)C[NH+]2CCc3ccccc3C2)c(Cl)c1. The van der Waals surface area contributed by atoms with E-state index in [2.05, 4.69) is 29.6 Å². The van der Waals surface area contributed by atoms with Crippen molar-refractivity contribution < 1.29 is 9.69 Å². The van der Waals surface area contributed by atoms with E-state index in [1.54, 1.807) is 0 Å². The molecule has 0 fully saturated rings. The third-order valence-corrected chi connectivity index (χ3v) is 4.71.